The molecule has 1 saturated heterocycles. The number of likely N-dealkylation sites (tertiary alicyclic amines) is 1. The van der Waals surface area contributed by atoms with E-state index in [1.54, 1.807) is 0 Å². The van der Waals surface area contributed by atoms with Crippen molar-refractivity contribution in [3.05, 3.63) is 71.7 Å². The van der Waals surface area contributed by atoms with Crippen LogP contribution in [0.4, 0.5) is 0 Å². The van der Waals surface area contributed by atoms with Crippen molar-refractivity contribution < 1.29 is 4.79 Å². The molecule has 1 aliphatic rings. The monoisotopic (exact) mass is 362 g/mol. The Labute approximate surface area is 160 Å². The van der Waals surface area contributed by atoms with Crippen LogP contribution in [0.1, 0.15) is 34.6 Å². The van der Waals surface area contributed by atoms with Crippen molar-refractivity contribution in [1.82, 2.24) is 19.6 Å². The number of benzene rings is 1. The van der Waals surface area contributed by atoms with Crippen LogP contribution in [-0.2, 0) is 6.54 Å². The summed E-state index contributed by atoms with van der Waals surface area (Å²) in [4.78, 5) is 19.3. The summed E-state index contributed by atoms with van der Waals surface area (Å²) < 4.78 is 1.95. The summed E-state index contributed by atoms with van der Waals surface area (Å²) in [6.45, 7) is 5.98. The molecule has 1 aromatic carbocycles. The average molecular weight is 362 g/mol. The number of rotatable bonds is 6. The summed E-state index contributed by atoms with van der Waals surface area (Å²) in [7, 11) is 0. The fraction of sp³-hybridized carbons (Fsp3) is 0.364. The Morgan fingerprint density at radius 1 is 1.19 bits per heavy atom. The number of amides is 1. The van der Waals surface area contributed by atoms with Gasteiger partial charge in [0.1, 0.15) is 11.3 Å². The van der Waals surface area contributed by atoms with E-state index in [0.717, 1.165) is 37.4 Å². The molecule has 0 unspecified atom stereocenters. The van der Waals surface area contributed by atoms with Gasteiger partial charge in [-0.3, -0.25) is 9.69 Å². The molecule has 5 heteroatoms. The summed E-state index contributed by atoms with van der Waals surface area (Å²) >= 11 is 0. The number of hydrogen-bond acceptors (Lipinski definition) is 3. The zero-order chi connectivity index (χ0) is 18.6. The van der Waals surface area contributed by atoms with Gasteiger partial charge in [0.05, 0.1) is 0 Å². The lowest BCUT2D eigenvalue weighted by Gasteiger charge is -2.16. The first-order valence-electron chi connectivity index (χ1n) is 9.68. The molecule has 3 heterocycles. The van der Waals surface area contributed by atoms with Gasteiger partial charge in [0.2, 0.25) is 0 Å². The first kappa shape index (κ1) is 17.7. The second-order valence-electron chi connectivity index (χ2n) is 7.44. The first-order chi connectivity index (χ1) is 13.2. The molecule has 0 bridgehead atoms. The van der Waals surface area contributed by atoms with Crippen molar-refractivity contribution in [2.75, 3.05) is 19.6 Å². The van der Waals surface area contributed by atoms with Gasteiger partial charge in [-0.15, -0.1) is 0 Å². The predicted molar refractivity (Wildman–Crippen MR) is 107 cm³/mol. The van der Waals surface area contributed by atoms with Gasteiger partial charge in [0, 0.05) is 31.5 Å². The van der Waals surface area contributed by atoms with Gasteiger partial charge < -0.3 is 9.72 Å². The highest BCUT2D eigenvalue weighted by Crippen LogP contribution is 2.21. The minimum Gasteiger partial charge on any atom is -0.351 e. The maximum Gasteiger partial charge on any atom is 0.271 e. The van der Waals surface area contributed by atoms with Crippen LogP contribution in [0.25, 0.3) is 5.65 Å². The standard InChI is InChI=1S/C22H26N4O/c1-17-6-5-9-21-24-20(16-26(17)21)22(27)23-12-10-19-11-13-25(15-19)14-18-7-3-2-4-8-18/h2-9,16,19H,10-15H2,1H3,(H,23,27)/t19-/m1/s1. The number of carbonyl (C=O) groups excluding carboxylic acids is 1. The number of carbonyl (C=O) groups is 1. The Bertz CT molecular complexity index is 918. The number of nitrogens with zero attached hydrogens (tertiary/aromatic N) is 3. The molecule has 0 saturated carbocycles. The molecule has 27 heavy (non-hydrogen) atoms. The molecule has 5 nitrogen and oxygen atoms in total. The van der Waals surface area contributed by atoms with E-state index in [4.69, 9.17) is 0 Å². The smallest absolute Gasteiger partial charge is 0.271 e. The third kappa shape index (κ3) is 4.19. The van der Waals surface area contributed by atoms with Crippen LogP contribution in [0, 0.1) is 12.8 Å². The molecular formula is C22H26N4O. The molecular weight excluding hydrogens is 336 g/mol. The third-order valence-electron chi connectivity index (χ3n) is 5.39. The SMILES string of the molecule is Cc1cccc2nc(C(=O)NCC[C@@H]3CCN(Cc4ccccc4)C3)cn12. The number of pyridine rings is 1. The van der Waals surface area contributed by atoms with E-state index in [9.17, 15) is 4.79 Å². The van der Waals surface area contributed by atoms with Crippen LogP contribution < -0.4 is 5.32 Å². The highest BCUT2D eigenvalue weighted by molar-refractivity contribution is 5.92. The number of nitrogens with one attached hydrogen (secondary N) is 1. The van der Waals surface area contributed by atoms with Crippen LogP contribution in [0.2, 0.25) is 0 Å². The van der Waals surface area contributed by atoms with E-state index in [0.29, 0.717) is 18.2 Å². The molecule has 1 aliphatic heterocycles. The zero-order valence-corrected chi connectivity index (χ0v) is 15.8. The lowest BCUT2D eigenvalue weighted by Crippen LogP contribution is -2.27. The molecule has 140 valence electrons. The predicted octanol–water partition coefficient (Wildman–Crippen LogP) is 3.28. The molecule has 0 radical (unpaired) electrons. The number of aryl methyl sites for hydroxylation is 1. The average Bonchev–Trinajstić information content (AvgIpc) is 3.30. The molecule has 1 amide bonds. The van der Waals surface area contributed by atoms with E-state index in [1.165, 1.54) is 12.0 Å². The van der Waals surface area contributed by atoms with Gasteiger partial charge >= 0.3 is 0 Å². The molecule has 1 fully saturated rings. The Kier molecular flexibility index (Phi) is 5.21. The lowest BCUT2D eigenvalue weighted by atomic mass is 10.1. The van der Waals surface area contributed by atoms with Crippen molar-refractivity contribution in [2.24, 2.45) is 5.92 Å². The van der Waals surface area contributed by atoms with E-state index >= 15 is 0 Å². The van der Waals surface area contributed by atoms with E-state index in [2.05, 4.69) is 45.5 Å². The summed E-state index contributed by atoms with van der Waals surface area (Å²) in [5.74, 6) is 0.564. The van der Waals surface area contributed by atoms with Gasteiger partial charge in [0.15, 0.2) is 0 Å². The normalized spacial score (nSPS) is 17.4. The van der Waals surface area contributed by atoms with Crippen LogP contribution >= 0.6 is 0 Å². The molecule has 0 aliphatic carbocycles. The number of fused-ring (bicyclic) bond motifs is 1. The fourth-order valence-corrected chi connectivity index (χ4v) is 3.87. The van der Waals surface area contributed by atoms with Crippen molar-refractivity contribution >= 4 is 11.6 Å². The molecule has 3 aromatic rings. The quantitative estimate of drug-likeness (QED) is 0.732. The number of hydrogen-bond donors (Lipinski definition) is 1. The Hall–Kier alpha value is -2.66. The lowest BCUT2D eigenvalue weighted by molar-refractivity contribution is 0.0947. The molecule has 2 aromatic heterocycles. The Morgan fingerprint density at radius 2 is 2.04 bits per heavy atom. The van der Waals surface area contributed by atoms with Gasteiger partial charge in [0.25, 0.3) is 5.91 Å². The van der Waals surface area contributed by atoms with Crippen LogP contribution in [0.15, 0.2) is 54.7 Å². The minimum atomic E-state index is -0.0859. The van der Waals surface area contributed by atoms with E-state index in [-0.39, 0.29) is 5.91 Å². The van der Waals surface area contributed by atoms with E-state index < -0.39 is 0 Å². The summed E-state index contributed by atoms with van der Waals surface area (Å²) in [6.07, 6.45) is 4.04. The topological polar surface area (TPSA) is 49.6 Å². The van der Waals surface area contributed by atoms with Gasteiger partial charge in [-0.25, -0.2) is 4.98 Å². The maximum absolute atomic E-state index is 12.4. The van der Waals surface area contributed by atoms with Gasteiger partial charge in [-0.05, 0) is 49.9 Å². The largest absolute Gasteiger partial charge is 0.351 e. The first-order valence-corrected chi connectivity index (χ1v) is 9.68. The summed E-state index contributed by atoms with van der Waals surface area (Å²) in [5, 5.41) is 3.04. The van der Waals surface area contributed by atoms with E-state index in [1.807, 2.05) is 35.7 Å². The Morgan fingerprint density at radius 3 is 2.85 bits per heavy atom. The van der Waals surface area contributed by atoms with Crippen LogP contribution in [0.3, 0.4) is 0 Å². The van der Waals surface area contributed by atoms with Crippen molar-refractivity contribution in [3.63, 3.8) is 0 Å². The zero-order valence-electron chi connectivity index (χ0n) is 15.8. The summed E-state index contributed by atoms with van der Waals surface area (Å²) in [6, 6.07) is 16.5. The van der Waals surface area contributed by atoms with Crippen molar-refractivity contribution in [1.29, 1.82) is 0 Å². The second-order valence-corrected chi connectivity index (χ2v) is 7.44. The van der Waals surface area contributed by atoms with Gasteiger partial charge in [-0.1, -0.05) is 36.4 Å². The Balaban J connectivity index is 1.25. The van der Waals surface area contributed by atoms with Crippen molar-refractivity contribution in [2.45, 2.75) is 26.3 Å². The van der Waals surface area contributed by atoms with Crippen molar-refractivity contribution in [3.8, 4) is 0 Å². The van der Waals surface area contributed by atoms with Crippen LogP contribution in [-0.4, -0.2) is 39.8 Å². The highest BCUT2D eigenvalue weighted by atomic mass is 16.1. The molecule has 1 N–H and O–H groups in total. The number of aromatic nitrogens is 2. The second kappa shape index (κ2) is 7.92. The van der Waals surface area contributed by atoms with Gasteiger partial charge in [-0.2, -0.15) is 0 Å². The summed E-state index contributed by atoms with van der Waals surface area (Å²) in [5.41, 5.74) is 3.74. The molecule has 1 atom stereocenters. The third-order valence-corrected chi connectivity index (χ3v) is 5.39. The minimum absolute atomic E-state index is 0.0859. The highest BCUT2D eigenvalue weighted by Gasteiger charge is 2.22. The molecule has 4 rings (SSSR count). The fourth-order valence-electron chi connectivity index (χ4n) is 3.87. The molecule has 0 spiro atoms. The van der Waals surface area contributed by atoms with Crippen LogP contribution in [0.5, 0.6) is 0 Å². The maximum atomic E-state index is 12.4. The number of imidazole rings is 1.